The summed E-state index contributed by atoms with van der Waals surface area (Å²) in [4.78, 5) is 27.7. The first kappa shape index (κ1) is 31.5. The lowest BCUT2D eigenvalue weighted by Crippen LogP contribution is -2.20. The predicted molar refractivity (Wildman–Crippen MR) is 159 cm³/mol. The monoisotopic (exact) mass is 676 g/mol. The van der Waals surface area contributed by atoms with Gasteiger partial charge in [-0.1, -0.05) is 18.2 Å². The zero-order chi connectivity index (χ0) is 31.0. The Bertz CT molecular complexity index is 1630. The molecule has 0 aliphatic carbocycles. The number of ether oxygens (including phenoxy) is 2. The fourth-order valence-corrected chi connectivity index (χ4v) is 4.99. The highest BCUT2D eigenvalue weighted by atomic mass is 79.9. The molecule has 3 N–H and O–H groups in total. The van der Waals surface area contributed by atoms with Gasteiger partial charge in [-0.15, -0.1) is 11.3 Å². The molecular weight excluding hydrogens is 653 g/mol. The number of carbonyl (C=O) groups excluding carboxylic acids is 1. The van der Waals surface area contributed by atoms with E-state index >= 15 is 0 Å². The van der Waals surface area contributed by atoms with Crippen molar-refractivity contribution in [2.45, 2.75) is 26.1 Å². The van der Waals surface area contributed by atoms with Crippen LogP contribution < -0.4 is 20.2 Å². The van der Waals surface area contributed by atoms with Crippen molar-refractivity contribution < 1.29 is 37.3 Å². The number of thiazole rings is 1. The summed E-state index contributed by atoms with van der Waals surface area (Å²) in [5.41, 5.74) is 3.86. The molecular formula is C29H24BrF3N4O5S. The van der Waals surface area contributed by atoms with Crippen LogP contribution in [0, 0.1) is 0 Å². The van der Waals surface area contributed by atoms with E-state index in [1.54, 1.807) is 29.6 Å². The maximum absolute atomic E-state index is 13.0. The molecule has 0 radical (unpaired) electrons. The highest BCUT2D eigenvalue weighted by Gasteiger charge is 2.30. The lowest BCUT2D eigenvalue weighted by Gasteiger charge is -2.15. The summed E-state index contributed by atoms with van der Waals surface area (Å²) in [7, 11) is 0. The molecule has 0 aliphatic rings. The van der Waals surface area contributed by atoms with Crippen molar-refractivity contribution >= 4 is 56.2 Å². The molecule has 0 unspecified atom stereocenters. The Balaban J connectivity index is 1.34. The molecule has 0 aliphatic heterocycles. The van der Waals surface area contributed by atoms with Crippen molar-refractivity contribution in [1.29, 1.82) is 0 Å². The van der Waals surface area contributed by atoms with Crippen molar-refractivity contribution in [1.82, 2.24) is 10.4 Å². The molecule has 1 aromatic heterocycles. The molecule has 43 heavy (non-hydrogen) atoms. The Morgan fingerprint density at radius 3 is 2.58 bits per heavy atom. The second-order valence-electron chi connectivity index (χ2n) is 8.87. The molecule has 0 atom stereocenters. The lowest BCUT2D eigenvalue weighted by atomic mass is 10.1. The number of carbonyl (C=O) groups is 2. The lowest BCUT2D eigenvalue weighted by molar-refractivity contribution is -0.137. The number of halogens is 4. The number of benzene rings is 3. The van der Waals surface area contributed by atoms with E-state index in [1.807, 2.05) is 6.92 Å². The van der Waals surface area contributed by atoms with Gasteiger partial charge in [-0.2, -0.15) is 18.3 Å². The van der Waals surface area contributed by atoms with E-state index in [9.17, 15) is 22.8 Å². The van der Waals surface area contributed by atoms with Gasteiger partial charge in [-0.3, -0.25) is 4.79 Å². The van der Waals surface area contributed by atoms with Crippen LogP contribution >= 0.6 is 27.3 Å². The zero-order valence-corrected chi connectivity index (χ0v) is 24.8. The van der Waals surface area contributed by atoms with Gasteiger partial charge in [-0.25, -0.2) is 15.2 Å². The number of anilines is 2. The van der Waals surface area contributed by atoms with Crippen molar-refractivity contribution in [3.63, 3.8) is 0 Å². The van der Waals surface area contributed by atoms with E-state index in [2.05, 4.69) is 36.8 Å². The summed E-state index contributed by atoms with van der Waals surface area (Å²) in [5.74, 6) is -0.562. The van der Waals surface area contributed by atoms with Crippen LogP contribution in [-0.4, -0.2) is 34.8 Å². The Morgan fingerprint density at radius 2 is 1.88 bits per heavy atom. The third-order valence-electron chi connectivity index (χ3n) is 5.65. The quantitative estimate of drug-likeness (QED) is 0.109. The molecule has 1 amide bonds. The average Bonchev–Trinajstić information content (AvgIpc) is 3.39. The number of rotatable bonds is 12. The number of hydrazone groups is 1. The van der Waals surface area contributed by atoms with E-state index < -0.39 is 23.6 Å². The van der Waals surface area contributed by atoms with Crippen LogP contribution in [0.1, 0.15) is 39.7 Å². The topological polar surface area (TPSA) is 122 Å². The van der Waals surface area contributed by atoms with Crippen molar-refractivity contribution in [2.24, 2.45) is 5.10 Å². The minimum atomic E-state index is -4.46. The zero-order valence-electron chi connectivity index (χ0n) is 22.4. The maximum Gasteiger partial charge on any atom is 0.416 e. The number of nitrogens with zero attached hydrogens (tertiary/aromatic N) is 2. The van der Waals surface area contributed by atoms with E-state index in [0.717, 1.165) is 29.0 Å². The molecule has 0 saturated carbocycles. The van der Waals surface area contributed by atoms with Gasteiger partial charge in [0, 0.05) is 11.1 Å². The molecule has 3 aromatic carbocycles. The number of carboxylic acid groups (broad SMARTS) is 1. The fraction of sp³-hybridized carbons (Fsp3) is 0.172. The van der Waals surface area contributed by atoms with Crippen LogP contribution in [0.15, 0.2) is 75.6 Å². The Kier molecular flexibility index (Phi) is 10.4. The highest BCUT2D eigenvalue weighted by Crippen LogP contribution is 2.37. The van der Waals surface area contributed by atoms with Crippen molar-refractivity contribution in [3.05, 3.63) is 98.5 Å². The molecule has 1 heterocycles. The Labute approximate surface area is 256 Å². The molecule has 4 aromatic rings. The minimum absolute atomic E-state index is 0.0910. The van der Waals surface area contributed by atoms with Gasteiger partial charge >= 0.3 is 12.1 Å². The van der Waals surface area contributed by atoms with Crippen molar-refractivity contribution in [2.75, 3.05) is 11.9 Å². The molecule has 14 heteroatoms. The first-order valence-corrected chi connectivity index (χ1v) is 14.3. The summed E-state index contributed by atoms with van der Waals surface area (Å²) in [6.45, 7) is 2.36. The molecule has 0 spiro atoms. The molecule has 0 bridgehead atoms. The maximum atomic E-state index is 13.0. The SMILES string of the molecule is CCOc1cc(/C=N\NC(=O)Cc2csc(Nc3cccc(C(F)(F)F)c3)n2)cc(Br)c1OCc1ccc(C(=O)O)cc1. The largest absolute Gasteiger partial charge is 0.490 e. The summed E-state index contributed by atoms with van der Waals surface area (Å²) >= 11 is 4.63. The summed E-state index contributed by atoms with van der Waals surface area (Å²) in [6.07, 6.45) is -3.12. The summed E-state index contributed by atoms with van der Waals surface area (Å²) in [6, 6.07) is 14.5. The first-order chi connectivity index (χ1) is 20.5. The van der Waals surface area contributed by atoms with Crippen LogP contribution in [0.25, 0.3) is 0 Å². The second kappa shape index (κ2) is 14.2. The smallest absolute Gasteiger partial charge is 0.416 e. The molecule has 0 fully saturated rings. The fourth-order valence-electron chi connectivity index (χ4n) is 3.69. The number of carboxylic acids is 1. The van der Waals surface area contributed by atoms with E-state index in [-0.39, 0.29) is 24.3 Å². The van der Waals surface area contributed by atoms with Crippen LogP contribution in [0.3, 0.4) is 0 Å². The number of aromatic carboxylic acids is 1. The standard InChI is InChI=1S/C29H24BrF3N4O5S/c1-2-41-24-11-18(10-23(30)26(24)42-15-17-6-8-19(9-7-17)27(39)40)14-34-37-25(38)13-22-16-43-28(36-22)35-21-5-3-4-20(12-21)29(31,32)33/h3-12,14,16H,2,13,15H2,1H3,(H,35,36)(H,37,38)(H,39,40)/b34-14-. The number of amides is 1. The first-order valence-electron chi connectivity index (χ1n) is 12.6. The van der Waals surface area contributed by atoms with Gasteiger partial charge in [0.05, 0.1) is 40.5 Å². The van der Waals surface area contributed by atoms with Crippen molar-refractivity contribution in [3.8, 4) is 11.5 Å². The number of hydrogen-bond donors (Lipinski definition) is 3. The van der Waals surface area contributed by atoms with Crippen LogP contribution in [-0.2, 0) is 24.0 Å². The number of hydrogen-bond acceptors (Lipinski definition) is 8. The number of nitrogens with one attached hydrogen (secondary N) is 2. The molecule has 224 valence electrons. The number of aromatic nitrogens is 1. The van der Waals surface area contributed by atoms with Gasteiger partial charge < -0.3 is 19.9 Å². The van der Waals surface area contributed by atoms with Gasteiger partial charge in [0.1, 0.15) is 6.61 Å². The van der Waals surface area contributed by atoms with Crippen LogP contribution in [0.2, 0.25) is 0 Å². The molecule has 4 rings (SSSR count). The van der Waals surface area contributed by atoms with Gasteiger partial charge in [0.2, 0.25) is 5.91 Å². The molecule has 0 saturated heterocycles. The van der Waals surface area contributed by atoms with E-state index in [0.29, 0.717) is 39.0 Å². The second-order valence-corrected chi connectivity index (χ2v) is 10.6. The van der Waals surface area contributed by atoms with Gasteiger partial charge in [0.15, 0.2) is 16.6 Å². The van der Waals surface area contributed by atoms with Gasteiger partial charge in [-0.05, 0) is 76.4 Å². The van der Waals surface area contributed by atoms with E-state index in [4.69, 9.17) is 14.6 Å². The highest BCUT2D eigenvalue weighted by molar-refractivity contribution is 9.10. The third-order valence-corrected chi connectivity index (χ3v) is 7.05. The summed E-state index contributed by atoms with van der Waals surface area (Å²) in [5, 5.41) is 17.8. The Morgan fingerprint density at radius 1 is 1.12 bits per heavy atom. The summed E-state index contributed by atoms with van der Waals surface area (Å²) < 4.78 is 51.1. The Hall–Kier alpha value is -4.43. The van der Waals surface area contributed by atoms with Crippen LogP contribution in [0.5, 0.6) is 11.5 Å². The normalized spacial score (nSPS) is 11.4. The predicted octanol–water partition coefficient (Wildman–Crippen LogP) is 7.04. The van der Waals surface area contributed by atoms with Crippen LogP contribution in [0.4, 0.5) is 24.0 Å². The number of alkyl halides is 3. The van der Waals surface area contributed by atoms with E-state index in [1.165, 1.54) is 30.5 Å². The molecule has 9 nitrogen and oxygen atoms in total. The van der Waals surface area contributed by atoms with Gasteiger partial charge in [0.25, 0.3) is 0 Å². The minimum Gasteiger partial charge on any atom is -0.490 e. The average molecular weight is 677 g/mol. The third kappa shape index (κ3) is 9.03.